The highest BCUT2D eigenvalue weighted by Crippen LogP contribution is 2.34. The maximum Gasteiger partial charge on any atom is 0.349 e. The summed E-state index contributed by atoms with van der Waals surface area (Å²) in [6.07, 6.45) is 0. The van der Waals surface area contributed by atoms with Gasteiger partial charge >= 0.3 is 11.9 Å². The topological polar surface area (TPSA) is 55.8 Å². The fourth-order valence-corrected chi connectivity index (χ4v) is 2.21. The molecule has 0 amide bonds. The molecule has 1 rings (SSSR count). The van der Waals surface area contributed by atoms with Crippen molar-refractivity contribution in [2.45, 2.75) is 52.5 Å². The Balaban J connectivity index is 2.85. The molecule has 1 aromatic carbocycles. The number of nitrogens with zero attached hydrogens (tertiary/aromatic N) is 1. The SMILES string of the molecule is CC(C)c1cccc(C(C)C)c1OC(=O)COC(=O)[C@H](C)N(C)C. The summed E-state index contributed by atoms with van der Waals surface area (Å²) in [4.78, 5) is 25.7. The first-order valence-corrected chi connectivity index (χ1v) is 8.31. The third-order valence-corrected chi connectivity index (χ3v) is 3.98. The van der Waals surface area contributed by atoms with Gasteiger partial charge in [-0.1, -0.05) is 45.9 Å². The number of carbonyl (C=O) groups excluding carboxylic acids is 2. The van der Waals surface area contributed by atoms with E-state index in [4.69, 9.17) is 9.47 Å². The molecule has 5 heteroatoms. The fourth-order valence-electron chi connectivity index (χ4n) is 2.21. The van der Waals surface area contributed by atoms with Crippen LogP contribution < -0.4 is 4.74 Å². The summed E-state index contributed by atoms with van der Waals surface area (Å²) in [5.74, 6) is 0.0253. The largest absolute Gasteiger partial charge is 0.452 e. The van der Waals surface area contributed by atoms with E-state index in [0.717, 1.165) is 11.1 Å². The van der Waals surface area contributed by atoms with Gasteiger partial charge in [0.25, 0.3) is 0 Å². The predicted molar refractivity (Wildman–Crippen MR) is 94.4 cm³/mol. The molecule has 0 aromatic heterocycles. The van der Waals surface area contributed by atoms with E-state index in [1.165, 1.54) is 0 Å². The zero-order valence-electron chi connectivity index (χ0n) is 15.8. The number of likely N-dealkylation sites (N-methyl/N-ethyl adjacent to an activating group) is 1. The molecule has 0 saturated carbocycles. The van der Waals surface area contributed by atoms with Crippen LogP contribution in [0.4, 0.5) is 0 Å². The van der Waals surface area contributed by atoms with E-state index in [9.17, 15) is 9.59 Å². The minimum Gasteiger partial charge on any atom is -0.452 e. The fraction of sp³-hybridized carbons (Fsp3) is 0.579. The Labute approximate surface area is 144 Å². The summed E-state index contributed by atoms with van der Waals surface area (Å²) in [5, 5.41) is 0. The molecule has 0 spiro atoms. The number of benzene rings is 1. The van der Waals surface area contributed by atoms with E-state index in [-0.39, 0.29) is 18.4 Å². The van der Waals surface area contributed by atoms with Crippen LogP contribution in [0.25, 0.3) is 0 Å². The van der Waals surface area contributed by atoms with Gasteiger partial charge < -0.3 is 9.47 Å². The van der Waals surface area contributed by atoms with E-state index >= 15 is 0 Å². The average molecular weight is 335 g/mol. The highest BCUT2D eigenvalue weighted by atomic mass is 16.6. The van der Waals surface area contributed by atoms with E-state index in [1.807, 2.05) is 18.2 Å². The van der Waals surface area contributed by atoms with E-state index in [2.05, 4.69) is 27.7 Å². The number of esters is 2. The maximum atomic E-state index is 12.1. The van der Waals surface area contributed by atoms with E-state index in [1.54, 1.807) is 25.9 Å². The van der Waals surface area contributed by atoms with Crippen molar-refractivity contribution in [3.05, 3.63) is 29.3 Å². The van der Waals surface area contributed by atoms with Crippen LogP contribution in [-0.4, -0.2) is 43.6 Å². The maximum absolute atomic E-state index is 12.1. The van der Waals surface area contributed by atoms with Crippen molar-refractivity contribution < 1.29 is 19.1 Å². The van der Waals surface area contributed by atoms with Gasteiger partial charge in [0.05, 0.1) is 0 Å². The Bertz CT molecular complexity index is 552. The zero-order chi connectivity index (χ0) is 18.4. The van der Waals surface area contributed by atoms with Crippen LogP contribution in [0.1, 0.15) is 57.6 Å². The first kappa shape index (κ1) is 20.2. The third kappa shape index (κ3) is 5.34. The molecule has 1 atom stereocenters. The lowest BCUT2D eigenvalue weighted by atomic mass is 9.94. The van der Waals surface area contributed by atoms with Crippen LogP contribution in [-0.2, 0) is 14.3 Å². The second-order valence-corrected chi connectivity index (χ2v) is 6.80. The zero-order valence-corrected chi connectivity index (χ0v) is 15.8. The van der Waals surface area contributed by atoms with E-state index < -0.39 is 18.0 Å². The number of para-hydroxylation sites is 1. The van der Waals surface area contributed by atoms with Crippen LogP contribution in [0, 0.1) is 0 Å². The van der Waals surface area contributed by atoms with E-state index in [0.29, 0.717) is 5.75 Å². The molecule has 0 aliphatic rings. The van der Waals surface area contributed by atoms with Crippen molar-refractivity contribution in [3.63, 3.8) is 0 Å². The smallest absolute Gasteiger partial charge is 0.349 e. The Morgan fingerprint density at radius 1 is 1.00 bits per heavy atom. The van der Waals surface area contributed by atoms with Gasteiger partial charge in [-0.2, -0.15) is 0 Å². The minimum absolute atomic E-state index is 0.225. The molecule has 24 heavy (non-hydrogen) atoms. The van der Waals surface area contributed by atoms with Crippen molar-refractivity contribution >= 4 is 11.9 Å². The van der Waals surface area contributed by atoms with Gasteiger partial charge in [0.15, 0.2) is 6.61 Å². The molecule has 0 fully saturated rings. The summed E-state index contributed by atoms with van der Waals surface area (Å²) >= 11 is 0. The first-order chi connectivity index (χ1) is 11.1. The van der Waals surface area contributed by atoms with Crippen molar-refractivity contribution in [2.75, 3.05) is 20.7 Å². The molecule has 0 unspecified atom stereocenters. The van der Waals surface area contributed by atoms with Gasteiger partial charge in [-0.3, -0.25) is 9.69 Å². The van der Waals surface area contributed by atoms with Crippen molar-refractivity contribution in [1.82, 2.24) is 4.90 Å². The van der Waals surface area contributed by atoms with Gasteiger partial charge in [0.1, 0.15) is 11.8 Å². The molecule has 0 heterocycles. The molecular formula is C19H29NO4. The van der Waals surface area contributed by atoms with Crippen LogP contribution in [0.2, 0.25) is 0 Å². The molecule has 0 saturated heterocycles. The van der Waals surface area contributed by atoms with Gasteiger partial charge in [0, 0.05) is 0 Å². The summed E-state index contributed by atoms with van der Waals surface area (Å²) in [6, 6.07) is 5.48. The van der Waals surface area contributed by atoms with Crippen LogP contribution >= 0.6 is 0 Å². The summed E-state index contributed by atoms with van der Waals surface area (Å²) in [6.45, 7) is 9.54. The standard InChI is InChI=1S/C19H29NO4/c1-12(2)15-9-8-10-16(13(3)4)18(15)24-17(21)11-23-19(22)14(5)20(6)7/h8-10,12-14H,11H2,1-7H3/t14-/m0/s1. The van der Waals surface area contributed by atoms with Gasteiger partial charge in [-0.25, -0.2) is 4.79 Å². The number of carbonyl (C=O) groups is 2. The quantitative estimate of drug-likeness (QED) is 0.565. The van der Waals surface area contributed by atoms with Crippen molar-refractivity contribution in [1.29, 1.82) is 0 Å². The first-order valence-electron chi connectivity index (χ1n) is 8.31. The summed E-state index contributed by atoms with van der Waals surface area (Å²) in [5.41, 5.74) is 1.95. The van der Waals surface area contributed by atoms with Crippen LogP contribution in [0.3, 0.4) is 0 Å². The highest BCUT2D eigenvalue weighted by Gasteiger charge is 2.21. The average Bonchev–Trinajstić information content (AvgIpc) is 2.51. The Hall–Kier alpha value is -1.88. The molecule has 1 aromatic rings. The Morgan fingerprint density at radius 2 is 1.50 bits per heavy atom. The van der Waals surface area contributed by atoms with Crippen LogP contribution in [0.5, 0.6) is 5.75 Å². The minimum atomic E-state index is -0.565. The van der Waals surface area contributed by atoms with Gasteiger partial charge in [0.2, 0.25) is 0 Å². The second-order valence-electron chi connectivity index (χ2n) is 6.80. The second kappa shape index (κ2) is 8.83. The molecule has 0 aliphatic heterocycles. The number of hydrogen-bond donors (Lipinski definition) is 0. The molecule has 0 aliphatic carbocycles. The molecular weight excluding hydrogens is 306 g/mol. The monoisotopic (exact) mass is 335 g/mol. The molecule has 0 bridgehead atoms. The van der Waals surface area contributed by atoms with Crippen LogP contribution in [0.15, 0.2) is 18.2 Å². The molecule has 134 valence electrons. The lowest BCUT2D eigenvalue weighted by Gasteiger charge is -2.20. The molecule has 0 radical (unpaired) electrons. The summed E-state index contributed by atoms with van der Waals surface area (Å²) < 4.78 is 10.6. The highest BCUT2D eigenvalue weighted by molar-refractivity contribution is 5.80. The van der Waals surface area contributed by atoms with Gasteiger partial charge in [-0.15, -0.1) is 0 Å². The summed E-state index contributed by atoms with van der Waals surface area (Å²) in [7, 11) is 3.55. The third-order valence-electron chi connectivity index (χ3n) is 3.98. The molecule has 5 nitrogen and oxygen atoms in total. The predicted octanol–water partition coefficient (Wildman–Crippen LogP) is 3.33. The number of ether oxygens (including phenoxy) is 2. The normalized spacial score (nSPS) is 12.6. The van der Waals surface area contributed by atoms with Crippen molar-refractivity contribution in [3.8, 4) is 5.75 Å². The Morgan fingerprint density at radius 3 is 1.92 bits per heavy atom. The number of hydrogen-bond acceptors (Lipinski definition) is 5. The lowest BCUT2D eigenvalue weighted by Crippen LogP contribution is -2.35. The lowest BCUT2D eigenvalue weighted by molar-refractivity contribution is -0.156. The Kier molecular flexibility index (Phi) is 7.42. The van der Waals surface area contributed by atoms with Crippen molar-refractivity contribution in [2.24, 2.45) is 0 Å². The number of rotatable bonds is 7. The van der Waals surface area contributed by atoms with Gasteiger partial charge in [-0.05, 0) is 44.0 Å². The molecule has 0 N–H and O–H groups in total.